The number of thiophene rings is 1. The molecule has 0 aliphatic heterocycles. The lowest BCUT2D eigenvalue weighted by Crippen LogP contribution is -2.57. The Balaban J connectivity index is 2.14. The third kappa shape index (κ3) is 3.32. The highest BCUT2D eigenvalue weighted by Gasteiger charge is 2.42. The maximum atomic E-state index is 12.6. The molecule has 0 saturated heterocycles. The highest BCUT2D eigenvalue weighted by Crippen LogP contribution is 2.38. The van der Waals surface area contributed by atoms with E-state index in [0.29, 0.717) is 17.2 Å². The van der Waals surface area contributed by atoms with Crippen molar-refractivity contribution in [2.45, 2.75) is 35.4 Å². The van der Waals surface area contributed by atoms with Crippen molar-refractivity contribution in [1.82, 2.24) is 9.21 Å². The number of aliphatic hydroxyl groups is 1. The van der Waals surface area contributed by atoms with Crippen molar-refractivity contribution in [2.75, 3.05) is 34.3 Å². The van der Waals surface area contributed by atoms with Gasteiger partial charge in [0.05, 0.1) is 0 Å². The number of hydrogen-bond acceptors (Lipinski definition) is 5. The van der Waals surface area contributed by atoms with E-state index in [1.807, 2.05) is 14.1 Å². The summed E-state index contributed by atoms with van der Waals surface area (Å²) in [5.74, 6) is 0. The fourth-order valence-corrected chi connectivity index (χ4v) is 5.53. The summed E-state index contributed by atoms with van der Waals surface area (Å²) < 4.78 is 27.1. The summed E-state index contributed by atoms with van der Waals surface area (Å²) in [6, 6.07) is 3.43. The van der Waals surface area contributed by atoms with E-state index < -0.39 is 10.0 Å². The van der Waals surface area contributed by atoms with Crippen molar-refractivity contribution in [1.29, 1.82) is 0 Å². The summed E-state index contributed by atoms with van der Waals surface area (Å²) in [5.41, 5.74) is -0.0208. The Morgan fingerprint density at radius 3 is 2.43 bits per heavy atom. The zero-order valence-electron chi connectivity index (χ0n) is 12.9. The van der Waals surface area contributed by atoms with Crippen LogP contribution in [0.5, 0.6) is 0 Å². The molecular formula is C14H24N2O3S2. The van der Waals surface area contributed by atoms with E-state index in [9.17, 15) is 8.42 Å². The number of nitrogens with zero attached hydrogens (tertiary/aromatic N) is 2. The summed E-state index contributed by atoms with van der Waals surface area (Å²) in [7, 11) is 2.26. The maximum Gasteiger partial charge on any atom is 0.252 e. The normalized spacial score (nSPS) is 18.2. The van der Waals surface area contributed by atoms with Crippen LogP contribution in [0, 0.1) is 0 Å². The average Bonchev–Trinajstić information content (AvgIpc) is 2.82. The summed E-state index contributed by atoms with van der Waals surface area (Å²) >= 11 is 1.25. The van der Waals surface area contributed by atoms with Crippen molar-refractivity contribution in [2.24, 2.45) is 0 Å². The molecule has 120 valence electrons. The fourth-order valence-electron chi connectivity index (χ4n) is 2.73. The molecule has 1 aromatic heterocycles. The number of aliphatic hydroxyl groups excluding tert-OH is 1. The first-order valence-corrected chi connectivity index (χ1v) is 9.41. The first-order valence-electron chi connectivity index (χ1n) is 7.15. The third-order valence-corrected chi connectivity index (χ3v) is 7.83. The molecule has 0 amide bonds. The minimum absolute atomic E-state index is 0.0208. The van der Waals surface area contributed by atoms with Gasteiger partial charge in [-0.1, -0.05) is 0 Å². The summed E-state index contributed by atoms with van der Waals surface area (Å²) in [5, 5.41) is 8.94. The quantitative estimate of drug-likeness (QED) is 0.820. The second-order valence-corrected chi connectivity index (χ2v) is 9.37. The zero-order valence-corrected chi connectivity index (χ0v) is 14.5. The van der Waals surface area contributed by atoms with Crippen LogP contribution in [0.1, 0.15) is 24.1 Å². The average molecular weight is 332 g/mol. The Bertz CT molecular complexity index is 577. The molecule has 0 aromatic carbocycles. The third-order valence-electron chi connectivity index (χ3n) is 4.41. The van der Waals surface area contributed by atoms with Gasteiger partial charge in [0, 0.05) is 37.0 Å². The molecule has 0 bridgehead atoms. The minimum atomic E-state index is -3.44. The number of hydrogen-bond donors (Lipinski definition) is 1. The van der Waals surface area contributed by atoms with Crippen molar-refractivity contribution in [3.05, 3.63) is 17.0 Å². The Kier molecular flexibility index (Phi) is 5.10. The molecule has 1 N–H and O–H groups in total. The molecule has 1 aliphatic carbocycles. The fraction of sp³-hybridized carbons (Fsp3) is 0.714. The van der Waals surface area contributed by atoms with Gasteiger partial charge in [-0.2, -0.15) is 4.31 Å². The molecule has 7 heteroatoms. The van der Waals surface area contributed by atoms with Crippen molar-refractivity contribution in [3.63, 3.8) is 0 Å². The van der Waals surface area contributed by atoms with Crippen LogP contribution in [0.25, 0.3) is 0 Å². The number of likely N-dealkylation sites (N-methyl/N-ethyl adjacent to an activating group) is 2. The summed E-state index contributed by atoms with van der Waals surface area (Å²) in [6.45, 7) is 0.565. The second-order valence-electron chi connectivity index (χ2n) is 5.93. The molecule has 0 radical (unpaired) electrons. The molecule has 1 saturated carbocycles. The van der Waals surface area contributed by atoms with Crippen LogP contribution in [0.15, 0.2) is 16.3 Å². The Labute approximate surface area is 131 Å². The van der Waals surface area contributed by atoms with Crippen molar-refractivity contribution >= 4 is 21.4 Å². The highest BCUT2D eigenvalue weighted by atomic mass is 32.2. The van der Waals surface area contributed by atoms with Gasteiger partial charge in [-0.05, 0) is 45.5 Å². The molecule has 1 fully saturated rings. The van der Waals surface area contributed by atoms with Crippen LogP contribution >= 0.6 is 11.3 Å². The lowest BCUT2D eigenvalue weighted by Gasteiger charge is -2.48. The molecule has 1 heterocycles. The van der Waals surface area contributed by atoms with Crippen molar-refractivity contribution in [3.8, 4) is 0 Å². The van der Waals surface area contributed by atoms with E-state index in [4.69, 9.17) is 5.11 Å². The van der Waals surface area contributed by atoms with E-state index in [2.05, 4.69) is 4.90 Å². The van der Waals surface area contributed by atoms with Crippen LogP contribution in [0.3, 0.4) is 0 Å². The van der Waals surface area contributed by atoms with Gasteiger partial charge in [0.2, 0.25) is 0 Å². The van der Waals surface area contributed by atoms with Crippen LogP contribution < -0.4 is 0 Å². The SMILES string of the molecule is CN(C)C1(CN(C)S(=O)(=O)c2ccc(CCO)s2)CCC1. The van der Waals surface area contributed by atoms with Gasteiger partial charge in [0.1, 0.15) is 4.21 Å². The first kappa shape index (κ1) is 16.9. The van der Waals surface area contributed by atoms with E-state index in [1.54, 1.807) is 19.2 Å². The topological polar surface area (TPSA) is 60.9 Å². The maximum absolute atomic E-state index is 12.6. The highest BCUT2D eigenvalue weighted by molar-refractivity contribution is 7.91. The van der Waals surface area contributed by atoms with Gasteiger partial charge in [-0.15, -0.1) is 11.3 Å². The van der Waals surface area contributed by atoms with Gasteiger partial charge < -0.3 is 10.0 Å². The molecule has 5 nitrogen and oxygen atoms in total. The number of rotatable bonds is 7. The molecule has 2 rings (SSSR count). The summed E-state index contributed by atoms with van der Waals surface area (Å²) in [4.78, 5) is 3.05. The van der Waals surface area contributed by atoms with Crippen LogP contribution in [-0.2, 0) is 16.4 Å². The first-order chi connectivity index (χ1) is 9.82. The van der Waals surface area contributed by atoms with Gasteiger partial charge in [-0.3, -0.25) is 0 Å². The van der Waals surface area contributed by atoms with Crippen molar-refractivity contribution < 1.29 is 13.5 Å². The predicted octanol–water partition coefficient (Wildman–Crippen LogP) is 1.39. The monoisotopic (exact) mass is 332 g/mol. The van der Waals surface area contributed by atoms with Crippen LogP contribution in [0.2, 0.25) is 0 Å². The minimum Gasteiger partial charge on any atom is -0.396 e. The Morgan fingerprint density at radius 1 is 1.29 bits per heavy atom. The lowest BCUT2D eigenvalue weighted by molar-refractivity contribution is 0.0455. The Morgan fingerprint density at radius 2 is 1.95 bits per heavy atom. The predicted molar refractivity (Wildman–Crippen MR) is 85.2 cm³/mol. The van der Waals surface area contributed by atoms with E-state index in [-0.39, 0.29) is 12.1 Å². The van der Waals surface area contributed by atoms with Crippen LogP contribution in [-0.4, -0.2) is 62.6 Å². The molecule has 21 heavy (non-hydrogen) atoms. The number of sulfonamides is 1. The molecule has 0 spiro atoms. The molecule has 0 unspecified atom stereocenters. The van der Waals surface area contributed by atoms with Gasteiger partial charge in [0.25, 0.3) is 10.0 Å². The molecule has 1 aliphatic rings. The molecule has 1 aromatic rings. The van der Waals surface area contributed by atoms with E-state index in [1.165, 1.54) is 15.6 Å². The Hall–Kier alpha value is -0.470. The van der Waals surface area contributed by atoms with E-state index >= 15 is 0 Å². The van der Waals surface area contributed by atoms with Crippen LogP contribution in [0.4, 0.5) is 0 Å². The standard InChI is InChI=1S/C14H24N2O3S2/c1-15(2)14(8-4-9-14)11-16(3)21(18,19)13-6-5-12(20-13)7-10-17/h5-6,17H,4,7-11H2,1-3H3. The largest absolute Gasteiger partial charge is 0.396 e. The lowest BCUT2D eigenvalue weighted by atomic mass is 9.75. The van der Waals surface area contributed by atoms with Gasteiger partial charge in [0.15, 0.2) is 0 Å². The second kappa shape index (κ2) is 6.34. The van der Waals surface area contributed by atoms with Gasteiger partial charge >= 0.3 is 0 Å². The molecular weight excluding hydrogens is 308 g/mol. The summed E-state index contributed by atoms with van der Waals surface area (Å²) in [6.07, 6.45) is 3.75. The zero-order chi connectivity index (χ0) is 15.7. The molecule has 0 atom stereocenters. The smallest absolute Gasteiger partial charge is 0.252 e. The van der Waals surface area contributed by atoms with E-state index in [0.717, 1.165) is 24.1 Å². The van der Waals surface area contributed by atoms with Gasteiger partial charge in [-0.25, -0.2) is 8.42 Å².